The van der Waals surface area contributed by atoms with Gasteiger partial charge in [0.2, 0.25) is 9.84 Å². The molecule has 0 N–H and O–H groups in total. The summed E-state index contributed by atoms with van der Waals surface area (Å²) in [5, 5.41) is 20.9. The molecule has 0 aromatic heterocycles. The predicted molar refractivity (Wildman–Crippen MR) is 74.7 cm³/mol. The monoisotopic (exact) mass is 352 g/mol. The van der Waals surface area contributed by atoms with Crippen LogP contribution >= 0.6 is 9.84 Å². The van der Waals surface area contributed by atoms with Gasteiger partial charge >= 0.3 is 0 Å². The van der Waals surface area contributed by atoms with Crippen LogP contribution in [0.25, 0.3) is 0 Å². The Kier molecular flexibility index (Phi) is 3.20. The minimum atomic E-state index is -8.95. The summed E-state index contributed by atoms with van der Waals surface area (Å²) in [5.41, 5.74) is -1.24. The molecular formula is C12H8F4N2O4S. The largest absolute Gasteiger partial charge is 0.269 e. The van der Waals surface area contributed by atoms with Crippen LogP contribution in [0.15, 0.2) is 58.3 Å². The maximum absolute atomic E-state index is 14.4. The summed E-state index contributed by atoms with van der Waals surface area (Å²) in [5.74, 6) is 0. The van der Waals surface area contributed by atoms with Crippen molar-refractivity contribution in [1.82, 2.24) is 0 Å². The number of nitro benzene ring substituents is 2. The molecule has 2 aromatic carbocycles. The van der Waals surface area contributed by atoms with Crippen molar-refractivity contribution in [3.8, 4) is 0 Å². The average Bonchev–Trinajstić information content (AvgIpc) is 2.46. The molecule has 0 spiro atoms. The minimum Gasteiger partial charge on any atom is -0.258 e. The molecule has 0 aliphatic heterocycles. The van der Waals surface area contributed by atoms with E-state index in [-0.39, 0.29) is 24.3 Å². The zero-order valence-electron chi connectivity index (χ0n) is 11.1. The Labute approximate surface area is 126 Å². The molecule has 0 atom stereocenters. The predicted octanol–water partition coefficient (Wildman–Crippen LogP) is 5.34. The highest BCUT2D eigenvalue weighted by Crippen LogP contribution is 3.04. The average molecular weight is 352 g/mol. The number of non-ortho nitro benzene ring substituents is 2. The summed E-state index contributed by atoms with van der Waals surface area (Å²) in [6.07, 6.45) is 0. The molecule has 0 aliphatic carbocycles. The van der Waals surface area contributed by atoms with Gasteiger partial charge in [-0.2, -0.15) is 0 Å². The zero-order chi connectivity index (χ0) is 17.5. The van der Waals surface area contributed by atoms with Crippen molar-refractivity contribution in [1.29, 1.82) is 0 Å². The van der Waals surface area contributed by atoms with Crippen LogP contribution in [-0.4, -0.2) is 9.85 Å². The normalized spacial score (nSPS) is 14.6. The van der Waals surface area contributed by atoms with Gasteiger partial charge in [-0.1, -0.05) is 0 Å². The smallest absolute Gasteiger partial charge is 0.258 e. The molecular weight excluding hydrogens is 344 g/mol. The Hall–Kier alpha value is -2.69. The van der Waals surface area contributed by atoms with E-state index in [2.05, 4.69) is 0 Å². The molecule has 0 heterocycles. The Morgan fingerprint density at radius 2 is 0.913 bits per heavy atom. The molecule has 124 valence electrons. The van der Waals surface area contributed by atoms with Crippen LogP contribution in [0, 0.1) is 20.2 Å². The molecule has 0 saturated carbocycles. The van der Waals surface area contributed by atoms with Gasteiger partial charge in [0.05, 0.1) is 19.6 Å². The van der Waals surface area contributed by atoms with Gasteiger partial charge in [0.15, 0.2) is 0 Å². The van der Waals surface area contributed by atoms with Gasteiger partial charge in [-0.25, -0.2) is 0 Å². The summed E-state index contributed by atoms with van der Waals surface area (Å²) in [7, 11) is -8.95. The number of halogens is 4. The molecule has 11 heteroatoms. The molecule has 0 saturated heterocycles. The standard InChI is InChI=1S/C12H8F4N2O4S/c13-23(14,15,16,11-5-1-9(2-6-11)17(19)20)12-7-3-10(4-8-12)18(21)22/h1-8H. The van der Waals surface area contributed by atoms with Gasteiger partial charge in [0.25, 0.3) is 11.4 Å². The molecule has 0 radical (unpaired) electrons. The van der Waals surface area contributed by atoms with E-state index in [1.54, 1.807) is 0 Å². The van der Waals surface area contributed by atoms with Crippen molar-refractivity contribution in [2.45, 2.75) is 9.79 Å². The highest BCUT2D eigenvalue weighted by atomic mass is 32.5. The number of nitrogens with zero attached hydrogens (tertiary/aromatic N) is 2. The SMILES string of the molecule is O=[N+]([O-])c1ccc(S(F)(F)(F)(F)c2ccc([N+](=O)[O-])cc2)cc1. The molecule has 0 fully saturated rings. The van der Waals surface area contributed by atoms with Gasteiger partial charge < -0.3 is 0 Å². The summed E-state index contributed by atoms with van der Waals surface area (Å²) in [6, 6.07) is 3.28. The minimum absolute atomic E-state index is 0.279. The molecule has 2 rings (SSSR count). The maximum atomic E-state index is 14.4. The van der Waals surface area contributed by atoms with E-state index in [1.807, 2.05) is 0 Å². The van der Waals surface area contributed by atoms with Crippen molar-refractivity contribution < 1.29 is 25.4 Å². The third-order valence-corrected chi connectivity index (χ3v) is 5.48. The van der Waals surface area contributed by atoms with Gasteiger partial charge in [-0.15, -0.1) is 15.5 Å². The summed E-state index contributed by atoms with van der Waals surface area (Å²) >= 11 is 0. The van der Waals surface area contributed by atoms with E-state index in [4.69, 9.17) is 0 Å². The quantitative estimate of drug-likeness (QED) is 0.422. The molecule has 6 nitrogen and oxygen atoms in total. The third-order valence-electron chi connectivity index (χ3n) is 3.04. The first-order valence-corrected chi connectivity index (χ1v) is 7.90. The lowest BCUT2D eigenvalue weighted by Crippen LogP contribution is -2.14. The van der Waals surface area contributed by atoms with Crippen LogP contribution < -0.4 is 0 Å². The Morgan fingerprint density at radius 1 is 0.652 bits per heavy atom. The second-order valence-electron chi connectivity index (χ2n) is 4.57. The van der Waals surface area contributed by atoms with Gasteiger partial charge in [0.1, 0.15) is 0 Å². The summed E-state index contributed by atoms with van der Waals surface area (Å²) in [6.45, 7) is 0. The van der Waals surface area contributed by atoms with Crippen LogP contribution in [-0.2, 0) is 0 Å². The summed E-state index contributed by atoms with van der Waals surface area (Å²) < 4.78 is 57.5. The zero-order valence-corrected chi connectivity index (χ0v) is 11.9. The number of benzene rings is 2. The number of hydrogen-bond donors (Lipinski definition) is 0. The maximum Gasteiger partial charge on any atom is 0.269 e. The van der Waals surface area contributed by atoms with E-state index in [0.717, 1.165) is 0 Å². The molecule has 23 heavy (non-hydrogen) atoms. The highest BCUT2D eigenvalue weighted by molar-refractivity contribution is 8.49. The molecule has 0 amide bonds. The fourth-order valence-corrected chi connectivity index (χ4v) is 3.46. The first-order valence-electron chi connectivity index (χ1n) is 5.85. The van der Waals surface area contributed by atoms with Crippen molar-refractivity contribution in [2.24, 2.45) is 0 Å². The Balaban J connectivity index is 2.62. The van der Waals surface area contributed by atoms with Gasteiger partial charge in [-0.05, 0) is 24.3 Å². The van der Waals surface area contributed by atoms with Crippen LogP contribution in [0.5, 0.6) is 0 Å². The molecule has 0 bridgehead atoms. The lowest BCUT2D eigenvalue weighted by atomic mass is 10.3. The second kappa shape index (κ2) is 4.41. The molecule has 2 aromatic rings. The van der Waals surface area contributed by atoms with Crippen LogP contribution in [0.1, 0.15) is 0 Å². The fourth-order valence-electron chi connectivity index (χ4n) is 1.82. The van der Waals surface area contributed by atoms with Crippen molar-refractivity contribution in [3.63, 3.8) is 0 Å². The van der Waals surface area contributed by atoms with Crippen LogP contribution in [0.2, 0.25) is 0 Å². The second-order valence-corrected chi connectivity index (χ2v) is 7.65. The summed E-state index contributed by atoms with van der Waals surface area (Å²) in [4.78, 5) is 15.8. The topological polar surface area (TPSA) is 86.3 Å². The molecule has 0 unspecified atom stereocenters. The van der Waals surface area contributed by atoms with Crippen molar-refractivity contribution in [3.05, 3.63) is 68.8 Å². The third kappa shape index (κ3) is 2.82. The van der Waals surface area contributed by atoms with Crippen molar-refractivity contribution >= 4 is 21.2 Å². The first-order chi connectivity index (χ1) is 10.3. The molecule has 0 aliphatic rings. The fraction of sp³-hybridized carbons (Fsp3) is 0. The number of rotatable bonds is 4. The number of hydrogen-bond acceptors (Lipinski definition) is 4. The van der Waals surface area contributed by atoms with E-state index in [9.17, 15) is 35.8 Å². The Morgan fingerprint density at radius 3 is 1.13 bits per heavy atom. The van der Waals surface area contributed by atoms with Crippen LogP contribution in [0.4, 0.5) is 26.9 Å². The Bertz CT molecular complexity index is 739. The van der Waals surface area contributed by atoms with Crippen molar-refractivity contribution in [2.75, 3.05) is 0 Å². The van der Waals surface area contributed by atoms with E-state index < -0.39 is 40.9 Å². The lowest BCUT2D eigenvalue weighted by Gasteiger charge is -2.50. The van der Waals surface area contributed by atoms with E-state index in [0.29, 0.717) is 24.3 Å². The number of nitro groups is 2. The van der Waals surface area contributed by atoms with Gasteiger partial charge in [-0.3, -0.25) is 20.2 Å². The highest BCUT2D eigenvalue weighted by Gasteiger charge is 2.66. The van der Waals surface area contributed by atoms with E-state index >= 15 is 0 Å². The van der Waals surface area contributed by atoms with Crippen LogP contribution in [0.3, 0.4) is 0 Å². The van der Waals surface area contributed by atoms with E-state index in [1.165, 1.54) is 0 Å². The first kappa shape index (κ1) is 16.7. The van der Waals surface area contributed by atoms with Gasteiger partial charge in [0, 0.05) is 24.3 Å². The lowest BCUT2D eigenvalue weighted by molar-refractivity contribution is -0.385.